The Balaban J connectivity index is 2.06. The number of carbonyl (C=O) groups excluding carboxylic acids is 1. The summed E-state index contributed by atoms with van der Waals surface area (Å²) in [5.41, 5.74) is 0. The second kappa shape index (κ2) is 57.4. The number of aliphatic hydroxyl groups is 5. The number of amides is 1. The first-order valence-corrected chi connectivity index (χ1v) is 33.4. The molecular weight excluding hydrogens is 959 g/mol. The fourth-order valence-electron chi connectivity index (χ4n) is 10.6. The summed E-state index contributed by atoms with van der Waals surface area (Å²) < 4.78 is 11.3. The molecule has 6 N–H and O–H groups in total. The van der Waals surface area contributed by atoms with Crippen LogP contribution < -0.4 is 5.32 Å². The van der Waals surface area contributed by atoms with Crippen molar-refractivity contribution < 1.29 is 39.8 Å². The molecule has 1 rings (SSSR count). The van der Waals surface area contributed by atoms with Crippen LogP contribution in [-0.2, 0) is 14.3 Å². The van der Waals surface area contributed by atoms with Gasteiger partial charge in [0.05, 0.1) is 25.4 Å². The van der Waals surface area contributed by atoms with Gasteiger partial charge in [0.25, 0.3) is 0 Å². The molecule has 0 bridgehead atoms. The highest BCUT2D eigenvalue weighted by atomic mass is 16.7. The molecule has 1 amide bonds. The summed E-state index contributed by atoms with van der Waals surface area (Å²) in [6, 6.07) is -0.822. The minimum atomic E-state index is -1.57. The van der Waals surface area contributed by atoms with Crippen molar-refractivity contribution in [3.05, 3.63) is 48.6 Å². The van der Waals surface area contributed by atoms with Gasteiger partial charge in [0.15, 0.2) is 6.29 Å². The monoisotopic (exact) mass is 1090 g/mol. The van der Waals surface area contributed by atoms with E-state index in [4.69, 9.17) is 9.47 Å². The zero-order valence-electron chi connectivity index (χ0n) is 50.5. The van der Waals surface area contributed by atoms with E-state index >= 15 is 0 Å². The topological polar surface area (TPSA) is 149 Å². The molecule has 0 aromatic carbocycles. The van der Waals surface area contributed by atoms with Crippen LogP contribution in [-0.4, -0.2) is 87.5 Å². The van der Waals surface area contributed by atoms with Crippen molar-refractivity contribution in [1.82, 2.24) is 5.32 Å². The van der Waals surface area contributed by atoms with Gasteiger partial charge in [0.2, 0.25) is 5.91 Å². The molecule has 1 heterocycles. The van der Waals surface area contributed by atoms with E-state index in [9.17, 15) is 30.3 Å². The Kier molecular flexibility index (Phi) is 54.5. The Morgan fingerprint density at radius 2 is 0.779 bits per heavy atom. The number of aliphatic hydroxyl groups excluding tert-OH is 5. The molecule has 9 heteroatoms. The molecule has 452 valence electrons. The molecule has 9 nitrogen and oxygen atoms in total. The fraction of sp³-hybridized carbons (Fsp3) is 0.868. The van der Waals surface area contributed by atoms with Gasteiger partial charge in [-0.2, -0.15) is 0 Å². The van der Waals surface area contributed by atoms with Crippen molar-refractivity contribution >= 4 is 5.91 Å². The molecular formula is C68H127NO8. The van der Waals surface area contributed by atoms with Crippen LogP contribution in [0.3, 0.4) is 0 Å². The van der Waals surface area contributed by atoms with E-state index in [2.05, 4.69) is 55.6 Å². The van der Waals surface area contributed by atoms with Gasteiger partial charge >= 0.3 is 0 Å². The molecule has 1 aliphatic rings. The lowest BCUT2D eigenvalue weighted by molar-refractivity contribution is -0.302. The first kappa shape index (κ1) is 73.2. The lowest BCUT2D eigenvalue weighted by Crippen LogP contribution is -2.60. The SMILES string of the molecule is CCCCCCCCCCC/C=C/CC/C=C/C(O)C(COC1OC(CO)C(O)C(O)C1O)NC(=O)CCCCCCCCCCCCCCCCCCC/C=C\C/C=C\CCCCCCCCCCCCCCCCC. The van der Waals surface area contributed by atoms with E-state index in [-0.39, 0.29) is 12.5 Å². The van der Waals surface area contributed by atoms with Gasteiger partial charge < -0.3 is 40.3 Å². The van der Waals surface area contributed by atoms with Gasteiger partial charge in [-0.1, -0.05) is 300 Å². The lowest BCUT2D eigenvalue weighted by Gasteiger charge is -2.40. The Hall–Kier alpha value is -1.85. The molecule has 7 atom stereocenters. The van der Waals surface area contributed by atoms with E-state index in [1.807, 2.05) is 6.08 Å². The number of unbranched alkanes of at least 4 members (excludes halogenated alkanes) is 42. The first-order valence-electron chi connectivity index (χ1n) is 33.4. The molecule has 77 heavy (non-hydrogen) atoms. The summed E-state index contributed by atoms with van der Waals surface area (Å²) in [4.78, 5) is 13.1. The summed E-state index contributed by atoms with van der Waals surface area (Å²) >= 11 is 0. The highest BCUT2D eigenvalue weighted by molar-refractivity contribution is 5.76. The molecule has 0 aromatic heterocycles. The molecule has 0 radical (unpaired) electrons. The predicted octanol–water partition coefficient (Wildman–Crippen LogP) is 17.6. The highest BCUT2D eigenvalue weighted by Gasteiger charge is 2.44. The average Bonchev–Trinajstić information content (AvgIpc) is 3.43. The van der Waals surface area contributed by atoms with E-state index in [0.717, 1.165) is 44.9 Å². The summed E-state index contributed by atoms with van der Waals surface area (Å²) in [6.07, 6.45) is 70.9. The summed E-state index contributed by atoms with van der Waals surface area (Å²) in [5.74, 6) is -0.184. The van der Waals surface area contributed by atoms with E-state index < -0.39 is 49.5 Å². The number of nitrogens with one attached hydrogen (secondary N) is 1. The van der Waals surface area contributed by atoms with Crippen LogP contribution in [0.25, 0.3) is 0 Å². The highest BCUT2D eigenvalue weighted by Crippen LogP contribution is 2.23. The van der Waals surface area contributed by atoms with Crippen molar-refractivity contribution in [2.75, 3.05) is 13.2 Å². The minimum Gasteiger partial charge on any atom is -0.394 e. The number of allylic oxidation sites excluding steroid dienone is 7. The van der Waals surface area contributed by atoms with E-state index in [1.54, 1.807) is 6.08 Å². The molecule has 1 saturated heterocycles. The molecule has 1 fully saturated rings. The molecule has 7 unspecified atom stereocenters. The molecule has 0 spiro atoms. The maximum absolute atomic E-state index is 13.1. The van der Waals surface area contributed by atoms with Crippen molar-refractivity contribution in [3.8, 4) is 0 Å². The van der Waals surface area contributed by atoms with Crippen LogP contribution >= 0.6 is 0 Å². The summed E-state index contributed by atoms with van der Waals surface area (Å²) in [5, 5.41) is 54.5. The van der Waals surface area contributed by atoms with Crippen LogP contribution in [0, 0.1) is 0 Å². The molecule has 1 aliphatic heterocycles. The minimum absolute atomic E-state index is 0.184. The second-order valence-corrected chi connectivity index (χ2v) is 23.3. The third-order valence-electron chi connectivity index (χ3n) is 15.9. The van der Waals surface area contributed by atoms with E-state index in [1.165, 1.54) is 257 Å². The standard InChI is InChI=1S/C68H127NO8/c1-3-5-7-9-11-13-15-17-19-20-21-22-23-24-25-26-27-28-29-30-31-32-33-34-35-36-37-38-39-40-41-42-44-46-48-50-52-54-56-58-64(72)69-61(60-76-68-67(75)66(74)65(73)63(59-70)77-68)62(71)57-55-53-51-49-47-45-43-18-16-14-12-10-8-6-4-2/h27-28,30-31,47,49,55,57,61-63,65-68,70-71,73-75H,3-26,29,32-46,48,50-54,56,58-60H2,1-2H3,(H,69,72)/b28-27-,31-30-,49-47+,57-55+. The third kappa shape index (κ3) is 46.5. The maximum Gasteiger partial charge on any atom is 0.220 e. The smallest absolute Gasteiger partial charge is 0.220 e. The number of hydrogen-bond donors (Lipinski definition) is 6. The van der Waals surface area contributed by atoms with Gasteiger partial charge in [0, 0.05) is 6.42 Å². The third-order valence-corrected chi connectivity index (χ3v) is 15.9. The van der Waals surface area contributed by atoms with Gasteiger partial charge in [0.1, 0.15) is 24.4 Å². The molecule has 0 aliphatic carbocycles. The molecule has 0 saturated carbocycles. The van der Waals surface area contributed by atoms with Crippen LogP contribution in [0.15, 0.2) is 48.6 Å². The van der Waals surface area contributed by atoms with Crippen molar-refractivity contribution in [1.29, 1.82) is 0 Å². The van der Waals surface area contributed by atoms with Crippen LogP contribution in [0.1, 0.15) is 322 Å². The number of ether oxygens (including phenoxy) is 2. The van der Waals surface area contributed by atoms with Crippen LogP contribution in [0.4, 0.5) is 0 Å². The van der Waals surface area contributed by atoms with Crippen molar-refractivity contribution in [3.63, 3.8) is 0 Å². The number of hydrogen-bond acceptors (Lipinski definition) is 8. The number of carbonyl (C=O) groups is 1. The largest absolute Gasteiger partial charge is 0.394 e. The Morgan fingerprint density at radius 1 is 0.442 bits per heavy atom. The Bertz CT molecular complexity index is 1350. The quantitative estimate of drug-likeness (QED) is 0.0261. The lowest BCUT2D eigenvalue weighted by atomic mass is 9.99. The summed E-state index contributed by atoms with van der Waals surface area (Å²) in [6.45, 7) is 3.79. The Labute approximate surface area is 475 Å². The zero-order chi connectivity index (χ0) is 55.8. The van der Waals surface area contributed by atoms with E-state index in [0.29, 0.717) is 6.42 Å². The van der Waals surface area contributed by atoms with Crippen LogP contribution in [0.5, 0.6) is 0 Å². The normalized spacial score (nSPS) is 19.0. The number of rotatable bonds is 58. The van der Waals surface area contributed by atoms with Crippen molar-refractivity contribution in [2.24, 2.45) is 0 Å². The first-order chi connectivity index (χ1) is 37.8. The van der Waals surface area contributed by atoms with Gasteiger partial charge in [-0.3, -0.25) is 4.79 Å². The van der Waals surface area contributed by atoms with Crippen molar-refractivity contribution in [2.45, 2.75) is 365 Å². The van der Waals surface area contributed by atoms with Crippen LogP contribution in [0.2, 0.25) is 0 Å². The maximum atomic E-state index is 13.1. The van der Waals surface area contributed by atoms with Gasteiger partial charge in [-0.05, 0) is 64.2 Å². The van der Waals surface area contributed by atoms with Gasteiger partial charge in [-0.25, -0.2) is 0 Å². The predicted molar refractivity (Wildman–Crippen MR) is 327 cm³/mol. The fourth-order valence-corrected chi connectivity index (χ4v) is 10.6. The Morgan fingerprint density at radius 3 is 1.17 bits per heavy atom. The van der Waals surface area contributed by atoms with Gasteiger partial charge in [-0.15, -0.1) is 0 Å². The zero-order valence-corrected chi connectivity index (χ0v) is 50.5. The average molecular weight is 1090 g/mol. The second-order valence-electron chi connectivity index (χ2n) is 23.3. The molecule has 0 aromatic rings. The summed E-state index contributed by atoms with van der Waals surface area (Å²) in [7, 11) is 0.